The quantitative estimate of drug-likeness (QED) is 0.851. The summed E-state index contributed by atoms with van der Waals surface area (Å²) in [6.45, 7) is 1.84. The molecule has 0 fully saturated rings. The molecule has 1 unspecified atom stereocenters. The molecule has 0 aliphatic rings. The van der Waals surface area contributed by atoms with Gasteiger partial charge in [0.05, 0.1) is 5.75 Å². The predicted molar refractivity (Wildman–Crippen MR) is 80.4 cm³/mol. The zero-order chi connectivity index (χ0) is 14.5. The van der Waals surface area contributed by atoms with Gasteiger partial charge in [0.25, 0.3) is 0 Å². The van der Waals surface area contributed by atoms with Crippen LogP contribution >= 0.6 is 27.7 Å². The van der Waals surface area contributed by atoms with E-state index in [2.05, 4.69) is 26.1 Å². The van der Waals surface area contributed by atoms with E-state index in [1.54, 1.807) is 0 Å². The number of benzene rings is 1. The number of rotatable bonds is 6. The van der Waals surface area contributed by atoms with Crippen molar-refractivity contribution >= 4 is 33.7 Å². The Bertz CT molecular complexity index is 586. The predicted octanol–water partition coefficient (Wildman–Crippen LogP) is 3.60. The lowest BCUT2D eigenvalue weighted by atomic mass is 10.2. The van der Waals surface area contributed by atoms with Gasteiger partial charge in [-0.2, -0.15) is 0 Å². The van der Waals surface area contributed by atoms with Crippen LogP contribution in [0.25, 0.3) is 11.5 Å². The maximum Gasteiger partial charge on any atom is 0.316 e. The van der Waals surface area contributed by atoms with Gasteiger partial charge in [-0.05, 0) is 30.7 Å². The van der Waals surface area contributed by atoms with E-state index in [1.165, 1.54) is 11.8 Å². The first-order valence-corrected chi connectivity index (χ1v) is 7.87. The fourth-order valence-corrected chi connectivity index (χ4v) is 2.66. The molecule has 2 rings (SSSR count). The van der Waals surface area contributed by atoms with Crippen molar-refractivity contribution in [3.05, 3.63) is 34.6 Å². The van der Waals surface area contributed by atoms with Gasteiger partial charge < -0.3 is 9.52 Å². The molecule has 1 aromatic heterocycles. The third-order valence-electron chi connectivity index (χ3n) is 2.61. The number of carbonyl (C=O) groups is 1. The molecule has 0 amide bonds. The lowest BCUT2D eigenvalue weighted by Gasteiger charge is -2.06. The number of hydrogen-bond acceptors (Lipinski definition) is 5. The van der Waals surface area contributed by atoms with Crippen molar-refractivity contribution in [1.82, 2.24) is 10.2 Å². The van der Waals surface area contributed by atoms with E-state index in [-0.39, 0.29) is 0 Å². The third kappa shape index (κ3) is 3.83. The summed E-state index contributed by atoms with van der Waals surface area (Å²) in [6.07, 6.45) is 0.563. The van der Waals surface area contributed by atoms with E-state index >= 15 is 0 Å². The Hall–Kier alpha value is -1.34. The molecule has 2 aromatic rings. The number of carboxylic acid groups (broad SMARTS) is 1. The van der Waals surface area contributed by atoms with Crippen LogP contribution in [0.2, 0.25) is 0 Å². The summed E-state index contributed by atoms with van der Waals surface area (Å²) < 4.78 is 6.51. The van der Waals surface area contributed by atoms with Crippen LogP contribution in [0, 0.1) is 0 Å². The standard InChI is InChI=1S/C13H13BrN2O3S/c1-2-10(13(17)18)20-7-11-15-16-12(19-11)8-3-5-9(14)6-4-8/h3-6,10H,2,7H2,1H3,(H,17,18). The summed E-state index contributed by atoms with van der Waals surface area (Å²) in [5.41, 5.74) is 0.835. The van der Waals surface area contributed by atoms with E-state index in [9.17, 15) is 4.79 Å². The van der Waals surface area contributed by atoms with Crippen LogP contribution in [0.15, 0.2) is 33.2 Å². The molecule has 1 atom stereocenters. The highest BCUT2D eigenvalue weighted by atomic mass is 79.9. The number of aromatic nitrogens is 2. The maximum atomic E-state index is 10.9. The molecule has 0 aliphatic carbocycles. The van der Waals surface area contributed by atoms with Gasteiger partial charge in [0.2, 0.25) is 11.8 Å². The van der Waals surface area contributed by atoms with E-state index in [4.69, 9.17) is 9.52 Å². The first kappa shape index (κ1) is 15.1. The minimum absolute atomic E-state index is 0.397. The second-order valence-corrected chi connectivity index (χ2v) is 6.16. The lowest BCUT2D eigenvalue weighted by Crippen LogP contribution is -2.15. The highest BCUT2D eigenvalue weighted by molar-refractivity contribution is 9.10. The normalized spacial score (nSPS) is 12.3. The average Bonchev–Trinajstić information content (AvgIpc) is 2.89. The number of nitrogens with zero attached hydrogens (tertiary/aromatic N) is 2. The second-order valence-electron chi connectivity index (χ2n) is 4.05. The first-order chi connectivity index (χ1) is 9.60. The van der Waals surface area contributed by atoms with Crippen LogP contribution in [-0.4, -0.2) is 26.5 Å². The van der Waals surface area contributed by atoms with Gasteiger partial charge in [0.15, 0.2) is 0 Å². The van der Waals surface area contributed by atoms with Gasteiger partial charge in [-0.15, -0.1) is 22.0 Å². The zero-order valence-electron chi connectivity index (χ0n) is 10.7. The van der Waals surface area contributed by atoms with Crippen LogP contribution in [0.1, 0.15) is 19.2 Å². The van der Waals surface area contributed by atoms with Crippen molar-refractivity contribution in [2.45, 2.75) is 24.3 Å². The van der Waals surface area contributed by atoms with E-state index in [0.29, 0.717) is 24.0 Å². The van der Waals surface area contributed by atoms with Crippen LogP contribution < -0.4 is 0 Å². The van der Waals surface area contributed by atoms with E-state index in [0.717, 1.165) is 10.0 Å². The Kier molecular flexibility index (Phi) is 5.19. The molecular formula is C13H13BrN2O3S. The van der Waals surface area contributed by atoms with Gasteiger partial charge >= 0.3 is 5.97 Å². The second kappa shape index (κ2) is 6.90. The number of thioether (sulfide) groups is 1. The minimum atomic E-state index is -0.815. The average molecular weight is 357 g/mol. The zero-order valence-corrected chi connectivity index (χ0v) is 13.1. The van der Waals surface area contributed by atoms with Crippen LogP contribution in [0.5, 0.6) is 0 Å². The van der Waals surface area contributed by atoms with Crippen molar-refractivity contribution in [2.75, 3.05) is 0 Å². The summed E-state index contributed by atoms with van der Waals surface area (Å²) in [6, 6.07) is 7.54. The van der Waals surface area contributed by atoms with Gasteiger partial charge in [-0.1, -0.05) is 22.9 Å². The Labute approximate surface area is 128 Å². The highest BCUT2D eigenvalue weighted by Crippen LogP contribution is 2.24. The van der Waals surface area contributed by atoms with Crippen molar-refractivity contribution in [2.24, 2.45) is 0 Å². The van der Waals surface area contributed by atoms with E-state index in [1.807, 2.05) is 31.2 Å². The first-order valence-electron chi connectivity index (χ1n) is 6.03. The number of aliphatic carboxylic acids is 1. The molecule has 0 radical (unpaired) electrons. The van der Waals surface area contributed by atoms with Gasteiger partial charge in [-0.3, -0.25) is 4.79 Å². The minimum Gasteiger partial charge on any atom is -0.480 e. The molecule has 0 saturated carbocycles. The van der Waals surface area contributed by atoms with Crippen LogP contribution in [0.4, 0.5) is 0 Å². The molecular weight excluding hydrogens is 344 g/mol. The SMILES string of the molecule is CCC(SCc1nnc(-c2ccc(Br)cc2)o1)C(=O)O. The summed E-state index contributed by atoms with van der Waals surface area (Å²) in [5.74, 6) is 0.461. The highest BCUT2D eigenvalue weighted by Gasteiger charge is 2.17. The van der Waals surface area contributed by atoms with Crippen LogP contribution in [-0.2, 0) is 10.5 Å². The number of hydrogen-bond donors (Lipinski definition) is 1. The number of carboxylic acids is 1. The molecule has 0 aliphatic heterocycles. The van der Waals surface area contributed by atoms with Gasteiger partial charge in [0.1, 0.15) is 5.25 Å². The third-order valence-corrected chi connectivity index (χ3v) is 4.49. The molecule has 106 valence electrons. The summed E-state index contributed by atoms with van der Waals surface area (Å²) >= 11 is 4.65. The van der Waals surface area contributed by atoms with E-state index < -0.39 is 11.2 Å². The van der Waals surface area contributed by atoms with Gasteiger partial charge in [0, 0.05) is 10.0 Å². The summed E-state index contributed by atoms with van der Waals surface area (Å²) in [5, 5.41) is 16.4. The largest absolute Gasteiger partial charge is 0.480 e. The van der Waals surface area contributed by atoms with Crippen molar-refractivity contribution in [3.63, 3.8) is 0 Å². The summed E-state index contributed by atoms with van der Waals surface area (Å²) in [7, 11) is 0. The molecule has 20 heavy (non-hydrogen) atoms. The molecule has 7 heteroatoms. The lowest BCUT2D eigenvalue weighted by molar-refractivity contribution is -0.136. The Morgan fingerprint density at radius 3 is 2.70 bits per heavy atom. The topological polar surface area (TPSA) is 76.2 Å². The molecule has 0 bridgehead atoms. The molecule has 1 N–H and O–H groups in total. The molecule has 0 spiro atoms. The molecule has 1 aromatic carbocycles. The van der Waals surface area contributed by atoms with Crippen molar-refractivity contribution in [1.29, 1.82) is 0 Å². The molecule has 5 nitrogen and oxygen atoms in total. The van der Waals surface area contributed by atoms with Crippen LogP contribution in [0.3, 0.4) is 0 Å². The maximum absolute atomic E-state index is 10.9. The Morgan fingerprint density at radius 1 is 1.40 bits per heavy atom. The van der Waals surface area contributed by atoms with Crippen molar-refractivity contribution in [3.8, 4) is 11.5 Å². The number of halogens is 1. The smallest absolute Gasteiger partial charge is 0.316 e. The molecule has 1 heterocycles. The Balaban J connectivity index is 2.02. The molecule has 0 saturated heterocycles. The fraction of sp³-hybridized carbons (Fsp3) is 0.308. The van der Waals surface area contributed by atoms with Gasteiger partial charge in [-0.25, -0.2) is 0 Å². The monoisotopic (exact) mass is 356 g/mol. The fourth-order valence-electron chi connectivity index (χ4n) is 1.56. The Morgan fingerprint density at radius 2 is 2.10 bits per heavy atom. The van der Waals surface area contributed by atoms with Crippen molar-refractivity contribution < 1.29 is 14.3 Å². The summed E-state index contributed by atoms with van der Waals surface area (Å²) in [4.78, 5) is 10.9.